The topological polar surface area (TPSA) is 112 Å². The van der Waals surface area contributed by atoms with Crippen LogP contribution in [0.5, 0.6) is 11.5 Å². The zero-order valence-electron chi connectivity index (χ0n) is 20.3. The molecule has 11 heteroatoms. The first-order valence-electron chi connectivity index (χ1n) is 11.9. The van der Waals surface area contributed by atoms with Crippen LogP contribution in [0.4, 0.5) is 11.6 Å². The van der Waals surface area contributed by atoms with Gasteiger partial charge in [0, 0.05) is 57.2 Å². The number of piperazine rings is 1. The Balaban J connectivity index is 1.14. The second kappa shape index (κ2) is 9.08. The average Bonchev–Trinajstić information content (AvgIpc) is 3.67. The Morgan fingerprint density at radius 2 is 1.78 bits per heavy atom. The molecule has 0 spiro atoms. The summed E-state index contributed by atoms with van der Waals surface area (Å²) in [5.74, 6) is 2.88. The van der Waals surface area contributed by atoms with Crippen molar-refractivity contribution in [2.45, 2.75) is 6.54 Å². The number of nitrogens with zero attached hydrogens (tertiary/aromatic N) is 7. The summed E-state index contributed by atoms with van der Waals surface area (Å²) in [6, 6.07) is 11.7. The van der Waals surface area contributed by atoms with E-state index in [2.05, 4.69) is 35.5 Å². The SMILES string of the molecule is COc1ccc(N2CCN(CCn3ccc4c3nc(N)n3nc(-c5ccco5)nc43)CC2)cc1OC. The fraction of sp³-hybridized carbons (Fsp3) is 0.320. The van der Waals surface area contributed by atoms with Gasteiger partial charge in [-0.05, 0) is 30.3 Å². The second-order valence-corrected chi connectivity index (χ2v) is 8.73. The normalized spacial score (nSPS) is 14.7. The molecule has 1 aromatic carbocycles. The van der Waals surface area contributed by atoms with Crippen molar-refractivity contribution in [3.05, 3.63) is 48.9 Å². The number of hydrogen-bond acceptors (Lipinski definition) is 9. The summed E-state index contributed by atoms with van der Waals surface area (Å²) < 4.78 is 20.0. The monoisotopic (exact) mass is 488 g/mol. The summed E-state index contributed by atoms with van der Waals surface area (Å²) in [7, 11) is 3.32. The van der Waals surface area contributed by atoms with Gasteiger partial charge in [0.2, 0.25) is 11.8 Å². The van der Waals surface area contributed by atoms with E-state index in [-0.39, 0.29) is 0 Å². The number of nitrogens with two attached hydrogens (primary N) is 1. The highest BCUT2D eigenvalue weighted by Gasteiger charge is 2.20. The van der Waals surface area contributed by atoms with Crippen molar-refractivity contribution in [2.24, 2.45) is 0 Å². The van der Waals surface area contributed by atoms with Crippen molar-refractivity contribution in [2.75, 3.05) is 57.6 Å². The summed E-state index contributed by atoms with van der Waals surface area (Å²) >= 11 is 0. The zero-order valence-corrected chi connectivity index (χ0v) is 20.3. The van der Waals surface area contributed by atoms with Gasteiger partial charge in [0.15, 0.2) is 22.9 Å². The molecule has 4 aromatic heterocycles. The number of hydrogen-bond donors (Lipinski definition) is 1. The minimum Gasteiger partial charge on any atom is -0.493 e. The summed E-state index contributed by atoms with van der Waals surface area (Å²) in [6.45, 7) is 5.57. The number of ether oxygens (including phenoxy) is 2. The molecule has 0 aliphatic carbocycles. The van der Waals surface area contributed by atoms with E-state index in [1.165, 1.54) is 0 Å². The standard InChI is InChI=1S/C25H28N8O3/c1-34-19-6-5-17(16-21(19)35-2)31-12-9-30(10-13-31)11-14-32-8-7-18-23(32)28-25(26)33-24(18)27-22(29-33)20-4-3-15-36-20/h3-8,15-16H,9-14H2,1-2H3,(H2,26,28). The molecule has 5 heterocycles. The Bertz CT molecular complexity index is 1500. The number of methoxy groups -OCH3 is 2. The van der Waals surface area contributed by atoms with Crippen molar-refractivity contribution in [1.82, 2.24) is 29.0 Å². The number of benzene rings is 1. The lowest BCUT2D eigenvalue weighted by molar-refractivity contribution is 0.249. The first kappa shape index (κ1) is 22.2. The number of fused-ring (bicyclic) bond motifs is 3. The van der Waals surface area contributed by atoms with E-state index in [1.54, 1.807) is 25.0 Å². The lowest BCUT2D eigenvalue weighted by Crippen LogP contribution is -2.47. The zero-order chi connectivity index (χ0) is 24.6. The first-order chi connectivity index (χ1) is 17.6. The van der Waals surface area contributed by atoms with Crippen LogP contribution in [-0.2, 0) is 6.54 Å². The molecule has 186 valence electrons. The van der Waals surface area contributed by atoms with Crippen LogP contribution in [0.2, 0.25) is 0 Å². The third-order valence-electron chi connectivity index (χ3n) is 6.72. The van der Waals surface area contributed by atoms with E-state index in [0.717, 1.165) is 67.5 Å². The van der Waals surface area contributed by atoms with Crippen LogP contribution in [-0.4, -0.2) is 76.0 Å². The Hall–Kier alpha value is -4.25. The molecule has 36 heavy (non-hydrogen) atoms. The van der Waals surface area contributed by atoms with E-state index in [0.29, 0.717) is 23.2 Å². The van der Waals surface area contributed by atoms with Crippen LogP contribution in [0, 0.1) is 0 Å². The highest BCUT2D eigenvalue weighted by Crippen LogP contribution is 2.32. The van der Waals surface area contributed by atoms with E-state index in [1.807, 2.05) is 36.5 Å². The fourth-order valence-electron chi connectivity index (χ4n) is 4.76. The molecule has 1 aliphatic heterocycles. The third kappa shape index (κ3) is 3.87. The van der Waals surface area contributed by atoms with Crippen LogP contribution >= 0.6 is 0 Å². The molecule has 1 aliphatic rings. The van der Waals surface area contributed by atoms with Gasteiger partial charge in [-0.1, -0.05) is 0 Å². The quantitative estimate of drug-likeness (QED) is 0.369. The summed E-state index contributed by atoms with van der Waals surface area (Å²) in [4.78, 5) is 14.1. The molecule has 0 atom stereocenters. The molecule has 1 saturated heterocycles. The number of nitrogen functional groups attached to an aromatic ring is 1. The van der Waals surface area contributed by atoms with Gasteiger partial charge < -0.3 is 29.1 Å². The van der Waals surface area contributed by atoms with E-state index in [4.69, 9.17) is 19.6 Å². The largest absolute Gasteiger partial charge is 0.493 e. The Morgan fingerprint density at radius 3 is 2.53 bits per heavy atom. The molecule has 1 fully saturated rings. The molecule has 0 bridgehead atoms. The maximum atomic E-state index is 6.24. The van der Waals surface area contributed by atoms with Crippen molar-refractivity contribution in [1.29, 1.82) is 0 Å². The van der Waals surface area contributed by atoms with Gasteiger partial charge in [0.05, 0.1) is 25.9 Å². The van der Waals surface area contributed by atoms with E-state index < -0.39 is 0 Å². The van der Waals surface area contributed by atoms with Gasteiger partial charge in [0.1, 0.15) is 5.65 Å². The molecular formula is C25H28N8O3. The van der Waals surface area contributed by atoms with Gasteiger partial charge in [-0.3, -0.25) is 4.90 Å². The Morgan fingerprint density at radius 1 is 0.944 bits per heavy atom. The van der Waals surface area contributed by atoms with E-state index >= 15 is 0 Å². The average molecular weight is 489 g/mol. The van der Waals surface area contributed by atoms with Gasteiger partial charge >= 0.3 is 0 Å². The smallest absolute Gasteiger partial charge is 0.225 e. The number of aromatic nitrogens is 5. The van der Waals surface area contributed by atoms with Gasteiger partial charge in [-0.2, -0.15) is 9.50 Å². The van der Waals surface area contributed by atoms with E-state index in [9.17, 15) is 0 Å². The Labute approximate surface area is 207 Å². The maximum Gasteiger partial charge on any atom is 0.225 e. The van der Waals surface area contributed by atoms with Crippen LogP contribution in [0.25, 0.3) is 28.3 Å². The summed E-state index contributed by atoms with van der Waals surface area (Å²) in [5, 5.41) is 5.38. The minimum absolute atomic E-state index is 0.297. The summed E-state index contributed by atoms with van der Waals surface area (Å²) in [6.07, 6.45) is 3.64. The van der Waals surface area contributed by atoms with Crippen LogP contribution in [0.1, 0.15) is 0 Å². The molecule has 0 unspecified atom stereocenters. The van der Waals surface area contributed by atoms with Gasteiger partial charge in [-0.15, -0.1) is 5.10 Å². The lowest BCUT2D eigenvalue weighted by atomic mass is 10.2. The Kier molecular flexibility index (Phi) is 5.61. The maximum absolute atomic E-state index is 6.24. The van der Waals surface area contributed by atoms with Gasteiger partial charge in [0.25, 0.3) is 0 Å². The van der Waals surface area contributed by atoms with Gasteiger partial charge in [-0.25, -0.2) is 4.98 Å². The molecule has 11 nitrogen and oxygen atoms in total. The molecule has 0 radical (unpaired) electrons. The van der Waals surface area contributed by atoms with Crippen LogP contribution < -0.4 is 20.1 Å². The number of rotatable bonds is 7. The predicted molar refractivity (Wildman–Crippen MR) is 137 cm³/mol. The van der Waals surface area contributed by atoms with Crippen molar-refractivity contribution in [3.63, 3.8) is 0 Å². The van der Waals surface area contributed by atoms with Crippen molar-refractivity contribution < 1.29 is 13.9 Å². The van der Waals surface area contributed by atoms with Crippen molar-refractivity contribution in [3.8, 4) is 23.1 Å². The van der Waals surface area contributed by atoms with Crippen molar-refractivity contribution >= 4 is 28.3 Å². The molecule has 6 rings (SSSR count). The highest BCUT2D eigenvalue weighted by atomic mass is 16.5. The highest BCUT2D eigenvalue weighted by molar-refractivity contribution is 5.91. The lowest BCUT2D eigenvalue weighted by Gasteiger charge is -2.36. The second-order valence-electron chi connectivity index (χ2n) is 8.73. The summed E-state index contributed by atoms with van der Waals surface area (Å²) in [5.41, 5.74) is 8.87. The molecule has 2 N–H and O–H groups in total. The molecule has 0 saturated carbocycles. The molecule has 5 aromatic rings. The first-order valence-corrected chi connectivity index (χ1v) is 11.9. The molecular weight excluding hydrogens is 460 g/mol. The number of furan rings is 1. The third-order valence-corrected chi connectivity index (χ3v) is 6.72. The molecule has 0 amide bonds. The minimum atomic E-state index is 0.297. The van der Waals surface area contributed by atoms with Crippen LogP contribution in [0.3, 0.4) is 0 Å². The fourth-order valence-corrected chi connectivity index (χ4v) is 4.76. The van der Waals surface area contributed by atoms with Crippen LogP contribution in [0.15, 0.2) is 53.3 Å². The number of anilines is 2. The predicted octanol–water partition coefficient (Wildman–Crippen LogP) is 2.76.